The fourth-order valence-corrected chi connectivity index (χ4v) is 4.58. The first kappa shape index (κ1) is 21.2. The Balaban J connectivity index is 1.71. The maximum absolute atomic E-state index is 12.7. The summed E-state index contributed by atoms with van der Waals surface area (Å²) in [4.78, 5) is 21.0. The Morgan fingerprint density at radius 2 is 2.04 bits per heavy atom. The summed E-state index contributed by atoms with van der Waals surface area (Å²) in [6.07, 6.45) is 1.96. The van der Waals surface area contributed by atoms with E-state index in [1.807, 2.05) is 31.5 Å². The first-order valence-corrected chi connectivity index (χ1v) is 10.8. The zero-order valence-corrected chi connectivity index (χ0v) is 18.5. The average molecular weight is 442 g/mol. The molecule has 3 rings (SSSR count). The summed E-state index contributed by atoms with van der Waals surface area (Å²) in [5, 5.41) is 6.18. The third kappa shape index (κ3) is 4.54. The van der Waals surface area contributed by atoms with Gasteiger partial charge in [0.2, 0.25) is 0 Å². The van der Waals surface area contributed by atoms with Crippen molar-refractivity contribution in [1.82, 2.24) is 20.1 Å². The number of amides is 2. The summed E-state index contributed by atoms with van der Waals surface area (Å²) in [6.45, 7) is 3.90. The van der Waals surface area contributed by atoms with Gasteiger partial charge in [0.05, 0.1) is 21.8 Å². The molecule has 0 spiro atoms. The standard InChI is InChI=1S/C19H25Cl2N5OS/c1-11(23-19(27)26(3)12-6-8-25(2)9-7-12)13-4-5-14(17(21)16(13)20)15-10-28-18(22)24-15/h4-5,10-12H,6-9H2,1-3H3,(H2,22,24)(H,23,27). The summed E-state index contributed by atoms with van der Waals surface area (Å²) >= 11 is 14.4. The Labute approximate surface area is 179 Å². The van der Waals surface area contributed by atoms with Gasteiger partial charge >= 0.3 is 6.03 Å². The molecule has 1 aromatic heterocycles. The molecule has 1 aromatic carbocycles. The minimum Gasteiger partial charge on any atom is -0.375 e. The number of nitrogens with two attached hydrogens (primary N) is 1. The van der Waals surface area contributed by atoms with Crippen LogP contribution < -0.4 is 11.1 Å². The van der Waals surface area contributed by atoms with Crippen LogP contribution in [-0.2, 0) is 0 Å². The Hall–Kier alpha value is -1.54. The van der Waals surface area contributed by atoms with E-state index in [2.05, 4.69) is 22.2 Å². The van der Waals surface area contributed by atoms with E-state index in [1.54, 1.807) is 4.90 Å². The lowest BCUT2D eigenvalue weighted by molar-refractivity contribution is 0.146. The molecule has 0 bridgehead atoms. The van der Waals surface area contributed by atoms with Crippen molar-refractivity contribution in [3.05, 3.63) is 33.1 Å². The Morgan fingerprint density at radius 1 is 1.36 bits per heavy atom. The number of benzene rings is 1. The molecule has 0 radical (unpaired) electrons. The zero-order chi connectivity index (χ0) is 20.4. The number of aromatic nitrogens is 1. The number of hydrogen-bond donors (Lipinski definition) is 2. The molecule has 28 heavy (non-hydrogen) atoms. The lowest BCUT2D eigenvalue weighted by Crippen LogP contribution is -2.48. The van der Waals surface area contributed by atoms with Crippen molar-refractivity contribution in [2.75, 3.05) is 32.9 Å². The van der Waals surface area contributed by atoms with Gasteiger partial charge in [0, 0.05) is 24.0 Å². The smallest absolute Gasteiger partial charge is 0.317 e. The molecular weight excluding hydrogens is 417 g/mol. The highest BCUT2D eigenvalue weighted by molar-refractivity contribution is 7.13. The van der Waals surface area contributed by atoms with E-state index in [4.69, 9.17) is 28.9 Å². The molecule has 152 valence electrons. The molecular formula is C19H25Cl2N5OS. The van der Waals surface area contributed by atoms with Crippen LogP contribution in [0.2, 0.25) is 10.0 Å². The minimum atomic E-state index is -0.277. The Kier molecular flexibility index (Phi) is 6.70. The number of anilines is 1. The van der Waals surface area contributed by atoms with Crippen molar-refractivity contribution in [3.8, 4) is 11.3 Å². The normalized spacial score (nSPS) is 16.8. The number of halogens is 2. The van der Waals surface area contributed by atoms with E-state index >= 15 is 0 Å². The number of likely N-dealkylation sites (tertiary alicyclic amines) is 1. The second-order valence-electron chi connectivity index (χ2n) is 7.22. The highest BCUT2D eigenvalue weighted by Crippen LogP contribution is 2.38. The first-order valence-electron chi connectivity index (χ1n) is 9.19. The second-order valence-corrected chi connectivity index (χ2v) is 8.86. The van der Waals surface area contributed by atoms with Crippen LogP contribution in [0.4, 0.5) is 9.93 Å². The van der Waals surface area contributed by atoms with Crippen LogP contribution in [0, 0.1) is 0 Å². The first-order chi connectivity index (χ1) is 13.3. The Morgan fingerprint density at radius 3 is 2.64 bits per heavy atom. The third-order valence-corrected chi connectivity index (χ3v) is 6.84. The predicted molar refractivity (Wildman–Crippen MR) is 117 cm³/mol. The van der Waals surface area contributed by atoms with Gasteiger partial charge in [-0.05, 0) is 45.5 Å². The van der Waals surface area contributed by atoms with E-state index in [9.17, 15) is 4.79 Å². The van der Waals surface area contributed by atoms with Crippen molar-refractivity contribution >= 4 is 45.7 Å². The van der Waals surface area contributed by atoms with E-state index in [0.29, 0.717) is 20.9 Å². The quantitative estimate of drug-likeness (QED) is 0.732. The average Bonchev–Trinajstić information content (AvgIpc) is 3.09. The fourth-order valence-electron chi connectivity index (χ4n) is 3.42. The summed E-state index contributed by atoms with van der Waals surface area (Å²) in [7, 11) is 3.95. The number of piperidine rings is 1. The molecule has 0 saturated carbocycles. The van der Waals surface area contributed by atoms with Crippen LogP contribution in [0.1, 0.15) is 31.4 Å². The molecule has 3 N–H and O–H groups in total. The number of carbonyl (C=O) groups excluding carboxylic acids is 1. The van der Waals surface area contributed by atoms with Gasteiger partial charge in [0.1, 0.15) is 0 Å². The number of nitrogen functional groups attached to an aromatic ring is 1. The number of nitrogens with one attached hydrogen (secondary N) is 1. The number of nitrogens with zero attached hydrogens (tertiary/aromatic N) is 3. The molecule has 1 unspecified atom stereocenters. The number of hydrogen-bond acceptors (Lipinski definition) is 5. The van der Waals surface area contributed by atoms with Crippen molar-refractivity contribution in [2.24, 2.45) is 0 Å². The van der Waals surface area contributed by atoms with Crippen molar-refractivity contribution < 1.29 is 4.79 Å². The molecule has 1 aliphatic rings. The maximum Gasteiger partial charge on any atom is 0.317 e. The fraction of sp³-hybridized carbons (Fsp3) is 0.474. The highest BCUT2D eigenvalue weighted by Gasteiger charge is 2.26. The summed E-state index contributed by atoms with van der Waals surface area (Å²) in [5.74, 6) is 0. The molecule has 1 fully saturated rings. The van der Waals surface area contributed by atoms with Crippen LogP contribution in [0.3, 0.4) is 0 Å². The van der Waals surface area contributed by atoms with Crippen LogP contribution in [0.5, 0.6) is 0 Å². The van der Waals surface area contributed by atoms with Gasteiger partial charge in [-0.3, -0.25) is 0 Å². The van der Waals surface area contributed by atoms with Gasteiger partial charge in [-0.1, -0.05) is 35.3 Å². The number of urea groups is 1. The van der Waals surface area contributed by atoms with Crippen molar-refractivity contribution in [1.29, 1.82) is 0 Å². The van der Waals surface area contributed by atoms with Crippen LogP contribution >= 0.6 is 34.5 Å². The predicted octanol–water partition coefficient (Wildman–Crippen LogP) is 4.50. The molecule has 2 heterocycles. The van der Waals surface area contributed by atoms with E-state index < -0.39 is 0 Å². The van der Waals surface area contributed by atoms with Crippen LogP contribution in [-0.4, -0.2) is 54.0 Å². The topological polar surface area (TPSA) is 74.5 Å². The molecule has 2 amide bonds. The summed E-state index contributed by atoms with van der Waals surface area (Å²) < 4.78 is 0. The highest BCUT2D eigenvalue weighted by atomic mass is 35.5. The molecule has 6 nitrogen and oxygen atoms in total. The van der Waals surface area contributed by atoms with Gasteiger partial charge in [0.25, 0.3) is 0 Å². The van der Waals surface area contributed by atoms with Crippen LogP contribution in [0.25, 0.3) is 11.3 Å². The summed E-state index contributed by atoms with van der Waals surface area (Å²) in [5.41, 5.74) is 7.90. The van der Waals surface area contributed by atoms with Gasteiger partial charge in [-0.15, -0.1) is 11.3 Å². The largest absolute Gasteiger partial charge is 0.375 e. The van der Waals surface area contributed by atoms with Gasteiger partial charge < -0.3 is 20.9 Å². The maximum atomic E-state index is 12.7. The number of rotatable bonds is 4. The van der Waals surface area contributed by atoms with Crippen molar-refractivity contribution in [3.63, 3.8) is 0 Å². The van der Waals surface area contributed by atoms with E-state index in [0.717, 1.165) is 37.1 Å². The lowest BCUT2D eigenvalue weighted by Gasteiger charge is -2.35. The third-order valence-electron chi connectivity index (χ3n) is 5.27. The number of thiazole rings is 1. The minimum absolute atomic E-state index is 0.106. The summed E-state index contributed by atoms with van der Waals surface area (Å²) in [6, 6.07) is 3.60. The SMILES string of the molecule is CC(NC(=O)N(C)C1CCN(C)CC1)c1ccc(-c2csc(N)n2)c(Cl)c1Cl. The van der Waals surface area contributed by atoms with Crippen LogP contribution in [0.15, 0.2) is 17.5 Å². The molecule has 9 heteroatoms. The molecule has 1 atom stereocenters. The van der Waals surface area contributed by atoms with Gasteiger partial charge in [-0.2, -0.15) is 0 Å². The molecule has 1 saturated heterocycles. The van der Waals surface area contributed by atoms with Gasteiger partial charge in [0.15, 0.2) is 5.13 Å². The number of carbonyl (C=O) groups is 1. The van der Waals surface area contributed by atoms with Gasteiger partial charge in [-0.25, -0.2) is 9.78 Å². The Bertz CT molecular complexity index is 851. The van der Waals surface area contributed by atoms with E-state index in [1.165, 1.54) is 11.3 Å². The zero-order valence-electron chi connectivity index (χ0n) is 16.2. The monoisotopic (exact) mass is 441 g/mol. The molecule has 2 aromatic rings. The second kappa shape index (κ2) is 8.86. The van der Waals surface area contributed by atoms with E-state index in [-0.39, 0.29) is 18.1 Å². The molecule has 0 aliphatic carbocycles. The molecule has 1 aliphatic heterocycles. The lowest BCUT2D eigenvalue weighted by atomic mass is 10.0. The van der Waals surface area contributed by atoms with Crippen molar-refractivity contribution in [2.45, 2.75) is 31.8 Å².